The Kier molecular flexibility index (Phi) is 3.56. The smallest absolute Gasteiger partial charge is 0.0817 e. The Labute approximate surface area is 78.7 Å². The molecule has 0 amide bonds. The molecule has 1 rings (SSSR count). The second kappa shape index (κ2) is 4.26. The molecular formula is C9H16ClNO. The first-order valence-corrected chi connectivity index (χ1v) is 4.70. The lowest BCUT2D eigenvalue weighted by Crippen LogP contribution is -2.41. The van der Waals surface area contributed by atoms with Crippen molar-refractivity contribution in [1.82, 2.24) is 0 Å². The number of ether oxygens (including phenoxy) is 1. The summed E-state index contributed by atoms with van der Waals surface area (Å²) in [4.78, 5) is 0. The first kappa shape index (κ1) is 10.0. The molecule has 1 aliphatic carbocycles. The van der Waals surface area contributed by atoms with E-state index in [-0.39, 0.29) is 5.54 Å². The molecule has 0 heterocycles. The minimum atomic E-state index is -0.0909. The zero-order chi connectivity index (χ0) is 9.03. The minimum absolute atomic E-state index is 0.0909. The molecule has 0 spiro atoms. The quantitative estimate of drug-likeness (QED) is 0.735. The monoisotopic (exact) mass is 189 g/mol. The van der Waals surface area contributed by atoms with Gasteiger partial charge in [0.1, 0.15) is 0 Å². The van der Waals surface area contributed by atoms with Crippen molar-refractivity contribution in [2.75, 3.05) is 13.2 Å². The van der Waals surface area contributed by atoms with E-state index in [0.717, 1.165) is 12.8 Å². The third-order valence-electron chi connectivity index (χ3n) is 2.25. The molecule has 0 aliphatic heterocycles. The molecule has 0 aromatic rings. The summed E-state index contributed by atoms with van der Waals surface area (Å²) in [6.07, 6.45) is 4.59. The standard InChI is InChI=1S/C9H16ClNO/c1-8(10)6-12-7-9(11)4-2-3-5-9/h1-7,11H2. The average Bonchev–Trinajstić information content (AvgIpc) is 2.35. The van der Waals surface area contributed by atoms with Gasteiger partial charge in [0.05, 0.1) is 13.2 Å². The topological polar surface area (TPSA) is 35.2 Å². The van der Waals surface area contributed by atoms with Crippen LogP contribution in [0, 0.1) is 0 Å². The Bertz CT molecular complexity index is 164. The number of hydrogen-bond acceptors (Lipinski definition) is 2. The molecule has 1 saturated carbocycles. The summed E-state index contributed by atoms with van der Waals surface area (Å²) in [6.45, 7) is 4.57. The minimum Gasteiger partial charge on any atom is -0.374 e. The highest BCUT2D eigenvalue weighted by Gasteiger charge is 2.29. The molecule has 1 aliphatic rings. The highest BCUT2D eigenvalue weighted by molar-refractivity contribution is 6.29. The molecule has 70 valence electrons. The van der Waals surface area contributed by atoms with Crippen molar-refractivity contribution >= 4 is 11.6 Å². The van der Waals surface area contributed by atoms with Crippen molar-refractivity contribution in [3.8, 4) is 0 Å². The van der Waals surface area contributed by atoms with Crippen LogP contribution < -0.4 is 5.73 Å². The molecule has 0 unspecified atom stereocenters. The van der Waals surface area contributed by atoms with E-state index in [1.807, 2.05) is 0 Å². The number of halogens is 1. The van der Waals surface area contributed by atoms with Crippen molar-refractivity contribution in [2.45, 2.75) is 31.2 Å². The summed E-state index contributed by atoms with van der Waals surface area (Å²) in [6, 6.07) is 0. The van der Waals surface area contributed by atoms with E-state index < -0.39 is 0 Å². The Morgan fingerprint density at radius 2 is 2.08 bits per heavy atom. The summed E-state index contributed by atoms with van der Waals surface area (Å²) < 4.78 is 5.33. The van der Waals surface area contributed by atoms with Gasteiger partial charge in [-0.05, 0) is 12.8 Å². The predicted octanol–water partition coefficient (Wildman–Crippen LogP) is 2.03. The van der Waals surface area contributed by atoms with Gasteiger partial charge < -0.3 is 10.5 Å². The number of hydrogen-bond donors (Lipinski definition) is 1. The first-order chi connectivity index (χ1) is 5.62. The van der Waals surface area contributed by atoms with E-state index >= 15 is 0 Å². The van der Waals surface area contributed by atoms with Gasteiger partial charge in [0.25, 0.3) is 0 Å². The lowest BCUT2D eigenvalue weighted by Gasteiger charge is -2.22. The van der Waals surface area contributed by atoms with Gasteiger partial charge in [-0.15, -0.1) is 0 Å². The number of rotatable bonds is 4. The van der Waals surface area contributed by atoms with Gasteiger partial charge in [0.15, 0.2) is 0 Å². The van der Waals surface area contributed by atoms with Crippen LogP contribution in [0.3, 0.4) is 0 Å². The van der Waals surface area contributed by atoms with Gasteiger partial charge in [-0.1, -0.05) is 31.0 Å². The molecule has 2 nitrogen and oxygen atoms in total. The van der Waals surface area contributed by atoms with Gasteiger partial charge in [-0.2, -0.15) is 0 Å². The zero-order valence-electron chi connectivity index (χ0n) is 7.31. The maximum absolute atomic E-state index is 6.05. The summed E-state index contributed by atoms with van der Waals surface area (Å²) >= 11 is 5.55. The zero-order valence-corrected chi connectivity index (χ0v) is 8.07. The second-order valence-corrected chi connectivity index (χ2v) is 4.11. The van der Waals surface area contributed by atoms with E-state index in [1.54, 1.807) is 0 Å². The molecule has 0 bridgehead atoms. The van der Waals surface area contributed by atoms with Crippen LogP contribution in [-0.2, 0) is 4.74 Å². The maximum atomic E-state index is 6.05. The highest BCUT2D eigenvalue weighted by atomic mass is 35.5. The molecule has 3 heteroatoms. The van der Waals surface area contributed by atoms with Crippen LogP contribution in [0.1, 0.15) is 25.7 Å². The summed E-state index contributed by atoms with van der Waals surface area (Å²) in [7, 11) is 0. The third kappa shape index (κ3) is 3.13. The molecule has 0 atom stereocenters. The van der Waals surface area contributed by atoms with Crippen molar-refractivity contribution in [1.29, 1.82) is 0 Å². The van der Waals surface area contributed by atoms with Crippen LogP contribution in [-0.4, -0.2) is 18.8 Å². The molecule has 0 saturated heterocycles. The third-order valence-corrected chi connectivity index (χ3v) is 2.36. The van der Waals surface area contributed by atoms with Crippen molar-refractivity contribution in [2.24, 2.45) is 5.73 Å². The van der Waals surface area contributed by atoms with Gasteiger partial charge >= 0.3 is 0 Å². The maximum Gasteiger partial charge on any atom is 0.0817 e. The molecule has 1 fully saturated rings. The fourth-order valence-corrected chi connectivity index (χ4v) is 1.67. The van der Waals surface area contributed by atoms with Gasteiger partial charge in [-0.3, -0.25) is 0 Å². The Balaban J connectivity index is 2.17. The fraction of sp³-hybridized carbons (Fsp3) is 0.778. The van der Waals surface area contributed by atoms with E-state index in [2.05, 4.69) is 6.58 Å². The van der Waals surface area contributed by atoms with Crippen molar-refractivity contribution in [3.05, 3.63) is 11.6 Å². The largest absolute Gasteiger partial charge is 0.374 e. The highest BCUT2D eigenvalue weighted by Crippen LogP contribution is 2.27. The van der Waals surface area contributed by atoms with Crippen molar-refractivity contribution in [3.63, 3.8) is 0 Å². The molecular weight excluding hydrogens is 174 g/mol. The molecule has 12 heavy (non-hydrogen) atoms. The van der Waals surface area contributed by atoms with Crippen LogP contribution >= 0.6 is 11.6 Å². The normalized spacial score (nSPS) is 21.2. The number of nitrogens with two attached hydrogens (primary N) is 1. The summed E-state index contributed by atoms with van der Waals surface area (Å²) in [5.41, 5.74) is 5.96. The SMILES string of the molecule is C=C(Cl)COCC1(N)CCCC1. The Morgan fingerprint density at radius 1 is 1.50 bits per heavy atom. The lowest BCUT2D eigenvalue weighted by atomic mass is 10.0. The average molecular weight is 190 g/mol. The van der Waals surface area contributed by atoms with E-state index in [0.29, 0.717) is 18.2 Å². The first-order valence-electron chi connectivity index (χ1n) is 4.32. The van der Waals surface area contributed by atoms with Crippen LogP contribution in [0.15, 0.2) is 11.6 Å². The Hall–Kier alpha value is -0.0500. The second-order valence-electron chi connectivity index (χ2n) is 3.58. The van der Waals surface area contributed by atoms with Crippen LogP contribution in [0.25, 0.3) is 0 Å². The lowest BCUT2D eigenvalue weighted by molar-refractivity contribution is 0.106. The van der Waals surface area contributed by atoms with Crippen LogP contribution in [0.2, 0.25) is 0 Å². The molecule has 0 aromatic heterocycles. The predicted molar refractivity (Wildman–Crippen MR) is 51.2 cm³/mol. The van der Waals surface area contributed by atoms with Gasteiger partial charge in [0.2, 0.25) is 0 Å². The Morgan fingerprint density at radius 3 is 2.58 bits per heavy atom. The van der Waals surface area contributed by atoms with E-state index in [9.17, 15) is 0 Å². The van der Waals surface area contributed by atoms with Crippen molar-refractivity contribution < 1.29 is 4.74 Å². The van der Waals surface area contributed by atoms with Gasteiger partial charge in [0, 0.05) is 10.6 Å². The molecule has 0 radical (unpaired) electrons. The summed E-state index contributed by atoms with van der Waals surface area (Å²) in [5, 5.41) is 0.539. The molecule has 0 aromatic carbocycles. The van der Waals surface area contributed by atoms with Crippen LogP contribution in [0.5, 0.6) is 0 Å². The fourth-order valence-electron chi connectivity index (χ4n) is 1.59. The van der Waals surface area contributed by atoms with Gasteiger partial charge in [-0.25, -0.2) is 0 Å². The molecule has 2 N–H and O–H groups in total. The summed E-state index contributed by atoms with van der Waals surface area (Å²) in [5.74, 6) is 0. The van der Waals surface area contributed by atoms with E-state index in [4.69, 9.17) is 22.1 Å². The van der Waals surface area contributed by atoms with Crippen LogP contribution in [0.4, 0.5) is 0 Å². The van der Waals surface area contributed by atoms with E-state index in [1.165, 1.54) is 12.8 Å².